The van der Waals surface area contributed by atoms with E-state index in [-0.39, 0.29) is 11.9 Å². The fourth-order valence-electron chi connectivity index (χ4n) is 3.21. The lowest BCUT2D eigenvalue weighted by atomic mass is 10.0. The minimum absolute atomic E-state index is 0.0191. The van der Waals surface area contributed by atoms with Crippen LogP contribution in [0.5, 0.6) is 0 Å². The summed E-state index contributed by atoms with van der Waals surface area (Å²) in [6.07, 6.45) is 1.22. The van der Waals surface area contributed by atoms with Crippen LogP contribution in [0.2, 0.25) is 5.02 Å². The molecule has 1 amide bonds. The van der Waals surface area contributed by atoms with Gasteiger partial charge in [0.05, 0.1) is 11.7 Å². The summed E-state index contributed by atoms with van der Waals surface area (Å²) in [4.78, 5) is 14.5. The van der Waals surface area contributed by atoms with E-state index >= 15 is 0 Å². The fourth-order valence-corrected chi connectivity index (χ4v) is 3.33. The van der Waals surface area contributed by atoms with Crippen molar-refractivity contribution in [3.63, 3.8) is 0 Å². The molecule has 1 aromatic carbocycles. The van der Waals surface area contributed by atoms with Crippen LogP contribution in [-0.4, -0.2) is 27.6 Å². The van der Waals surface area contributed by atoms with Crippen molar-refractivity contribution in [2.75, 3.05) is 7.05 Å². The number of carbonyl (C=O) groups excluding carboxylic acids is 1. The molecule has 26 heavy (non-hydrogen) atoms. The summed E-state index contributed by atoms with van der Waals surface area (Å²) in [6.45, 7) is 11.5. The van der Waals surface area contributed by atoms with Crippen molar-refractivity contribution in [2.24, 2.45) is 5.92 Å². The fraction of sp³-hybridized carbons (Fsp3) is 0.524. The monoisotopic (exact) mass is 375 g/mol. The molecule has 0 fully saturated rings. The first kappa shape index (κ1) is 20.5. The average molecular weight is 376 g/mol. The smallest absolute Gasteiger partial charge is 0.223 e. The molecular weight excluding hydrogens is 346 g/mol. The standard InChI is InChI=1S/C21H30ClN3O/c1-14(2)13-25-17(5)20(15(3)23-25)11-12-21(26)24(6)16(4)18-7-9-19(22)10-8-18/h7-10,14,16H,11-13H2,1-6H3. The van der Waals surface area contributed by atoms with Gasteiger partial charge in [0.2, 0.25) is 5.91 Å². The van der Waals surface area contributed by atoms with Crippen molar-refractivity contribution in [1.29, 1.82) is 0 Å². The van der Waals surface area contributed by atoms with Crippen molar-refractivity contribution >= 4 is 17.5 Å². The van der Waals surface area contributed by atoms with Crippen molar-refractivity contribution < 1.29 is 4.79 Å². The number of rotatable bonds is 7. The van der Waals surface area contributed by atoms with E-state index in [0.717, 1.165) is 24.2 Å². The lowest BCUT2D eigenvalue weighted by Gasteiger charge is -2.25. The Morgan fingerprint density at radius 3 is 2.38 bits per heavy atom. The third-order valence-corrected chi connectivity index (χ3v) is 5.24. The lowest BCUT2D eigenvalue weighted by Crippen LogP contribution is -2.29. The minimum atomic E-state index is 0.0191. The maximum atomic E-state index is 12.7. The van der Waals surface area contributed by atoms with Gasteiger partial charge < -0.3 is 4.90 Å². The Morgan fingerprint density at radius 2 is 1.81 bits per heavy atom. The van der Waals surface area contributed by atoms with Gasteiger partial charge in [0, 0.05) is 30.7 Å². The molecule has 0 N–H and O–H groups in total. The molecule has 0 bridgehead atoms. The highest BCUT2D eigenvalue weighted by molar-refractivity contribution is 6.30. The lowest BCUT2D eigenvalue weighted by molar-refractivity contribution is -0.131. The molecule has 142 valence electrons. The van der Waals surface area contributed by atoms with Crippen LogP contribution in [0.25, 0.3) is 0 Å². The van der Waals surface area contributed by atoms with Gasteiger partial charge in [0.15, 0.2) is 0 Å². The molecular formula is C21H30ClN3O. The van der Waals surface area contributed by atoms with E-state index in [1.54, 1.807) is 0 Å². The van der Waals surface area contributed by atoms with Gasteiger partial charge in [0.25, 0.3) is 0 Å². The normalized spacial score (nSPS) is 12.5. The maximum absolute atomic E-state index is 12.7. The first-order valence-corrected chi connectivity index (χ1v) is 9.62. The van der Waals surface area contributed by atoms with Crippen LogP contribution in [0.4, 0.5) is 0 Å². The molecule has 2 rings (SSSR count). The van der Waals surface area contributed by atoms with Gasteiger partial charge in [-0.25, -0.2) is 0 Å². The van der Waals surface area contributed by atoms with E-state index in [2.05, 4.69) is 30.6 Å². The highest BCUT2D eigenvalue weighted by Gasteiger charge is 2.19. The average Bonchev–Trinajstić information content (AvgIpc) is 2.85. The first-order chi connectivity index (χ1) is 12.2. The van der Waals surface area contributed by atoms with E-state index in [4.69, 9.17) is 11.6 Å². The highest BCUT2D eigenvalue weighted by Crippen LogP contribution is 2.22. The zero-order valence-corrected chi connectivity index (χ0v) is 17.5. The zero-order valence-electron chi connectivity index (χ0n) is 16.7. The summed E-state index contributed by atoms with van der Waals surface area (Å²) in [5.74, 6) is 0.691. The van der Waals surface area contributed by atoms with Crippen LogP contribution in [0.1, 0.15) is 55.7 Å². The molecule has 0 radical (unpaired) electrons. The number of benzene rings is 1. The second kappa shape index (κ2) is 8.72. The zero-order chi connectivity index (χ0) is 19.4. The van der Waals surface area contributed by atoms with E-state index in [0.29, 0.717) is 17.4 Å². The van der Waals surface area contributed by atoms with Gasteiger partial charge in [0.1, 0.15) is 0 Å². The van der Waals surface area contributed by atoms with Crippen LogP contribution >= 0.6 is 11.6 Å². The number of aryl methyl sites for hydroxylation is 1. The molecule has 1 aromatic heterocycles. The van der Waals surface area contributed by atoms with E-state index < -0.39 is 0 Å². The molecule has 0 saturated heterocycles. The summed E-state index contributed by atoms with van der Waals surface area (Å²) in [5.41, 5.74) is 4.50. The number of carbonyl (C=O) groups is 1. The second-order valence-corrected chi connectivity index (χ2v) is 7.89. The minimum Gasteiger partial charge on any atom is -0.339 e. The first-order valence-electron chi connectivity index (χ1n) is 9.24. The Labute approximate surface area is 162 Å². The summed E-state index contributed by atoms with van der Waals surface area (Å²) >= 11 is 5.95. The third kappa shape index (κ3) is 4.88. The molecule has 0 spiro atoms. The Kier molecular flexibility index (Phi) is 6.87. The molecule has 1 heterocycles. The summed E-state index contributed by atoms with van der Waals surface area (Å²) in [5, 5.41) is 5.35. The van der Waals surface area contributed by atoms with E-state index in [9.17, 15) is 4.79 Å². The Bertz CT molecular complexity index is 749. The van der Waals surface area contributed by atoms with Gasteiger partial charge in [-0.05, 0) is 56.4 Å². The van der Waals surface area contributed by atoms with Crippen molar-refractivity contribution in [3.05, 3.63) is 51.8 Å². The molecule has 0 saturated carbocycles. The van der Waals surface area contributed by atoms with Crippen LogP contribution in [0.15, 0.2) is 24.3 Å². The van der Waals surface area contributed by atoms with E-state index in [1.807, 2.05) is 50.1 Å². The number of hydrogen-bond donors (Lipinski definition) is 0. The predicted molar refractivity (Wildman–Crippen MR) is 107 cm³/mol. The molecule has 0 aliphatic rings. The quantitative estimate of drug-likeness (QED) is 0.685. The van der Waals surface area contributed by atoms with Crippen LogP contribution in [-0.2, 0) is 17.8 Å². The van der Waals surface area contributed by atoms with Crippen LogP contribution in [0.3, 0.4) is 0 Å². The Balaban J connectivity index is 2.01. The Hall–Kier alpha value is -1.81. The summed E-state index contributed by atoms with van der Waals surface area (Å²) in [6, 6.07) is 7.69. The topological polar surface area (TPSA) is 38.1 Å². The third-order valence-electron chi connectivity index (χ3n) is 4.99. The summed E-state index contributed by atoms with van der Waals surface area (Å²) < 4.78 is 2.07. The van der Waals surface area contributed by atoms with Gasteiger partial charge in [-0.1, -0.05) is 37.6 Å². The number of hydrogen-bond acceptors (Lipinski definition) is 2. The summed E-state index contributed by atoms with van der Waals surface area (Å²) in [7, 11) is 1.86. The molecule has 0 aliphatic heterocycles. The van der Waals surface area contributed by atoms with Crippen LogP contribution in [0, 0.1) is 19.8 Å². The van der Waals surface area contributed by atoms with Crippen LogP contribution < -0.4 is 0 Å². The van der Waals surface area contributed by atoms with Crippen molar-refractivity contribution in [3.8, 4) is 0 Å². The molecule has 4 nitrogen and oxygen atoms in total. The SMILES string of the molecule is Cc1nn(CC(C)C)c(C)c1CCC(=O)N(C)C(C)c1ccc(Cl)cc1. The second-order valence-electron chi connectivity index (χ2n) is 7.46. The molecule has 1 unspecified atom stereocenters. The Morgan fingerprint density at radius 1 is 1.19 bits per heavy atom. The number of nitrogens with zero attached hydrogens (tertiary/aromatic N) is 3. The number of amides is 1. The highest BCUT2D eigenvalue weighted by atomic mass is 35.5. The number of aromatic nitrogens is 2. The van der Waals surface area contributed by atoms with Gasteiger partial charge in [-0.3, -0.25) is 9.48 Å². The predicted octanol–water partition coefficient (Wildman–Crippen LogP) is 4.96. The molecule has 2 aromatic rings. The van der Waals surface area contributed by atoms with Gasteiger partial charge in [-0.2, -0.15) is 5.10 Å². The molecule has 1 atom stereocenters. The largest absolute Gasteiger partial charge is 0.339 e. The van der Waals surface area contributed by atoms with Crippen molar-refractivity contribution in [1.82, 2.24) is 14.7 Å². The number of halogens is 1. The van der Waals surface area contributed by atoms with Gasteiger partial charge in [-0.15, -0.1) is 0 Å². The maximum Gasteiger partial charge on any atom is 0.223 e. The molecule has 0 aliphatic carbocycles. The van der Waals surface area contributed by atoms with Crippen molar-refractivity contribution in [2.45, 2.75) is 60.0 Å². The van der Waals surface area contributed by atoms with Gasteiger partial charge >= 0.3 is 0 Å². The molecule has 5 heteroatoms. The van der Waals surface area contributed by atoms with E-state index in [1.165, 1.54) is 11.3 Å².